The second-order valence-corrected chi connectivity index (χ2v) is 9.18. The summed E-state index contributed by atoms with van der Waals surface area (Å²) in [5, 5.41) is 4.84. The minimum atomic E-state index is -3.47. The van der Waals surface area contributed by atoms with Crippen LogP contribution >= 0.6 is 0 Å². The average Bonchev–Trinajstić information content (AvgIpc) is 2.84. The Kier molecular flexibility index (Phi) is 7.99. The lowest BCUT2D eigenvalue weighted by molar-refractivity contribution is -0.119. The average molecular weight is 455 g/mol. The second-order valence-electron chi connectivity index (χ2n) is 7.05. The Morgan fingerprint density at radius 1 is 1.12 bits per heavy atom. The van der Waals surface area contributed by atoms with Gasteiger partial charge in [0, 0.05) is 13.0 Å². The molecule has 1 heterocycles. The first-order valence-electron chi connectivity index (χ1n) is 10.0. The van der Waals surface area contributed by atoms with Gasteiger partial charge in [-0.15, -0.1) is 6.58 Å². The zero-order valence-electron chi connectivity index (χ0n) is 17.8. The van der Waals surface area contributed by atoms with Crippen LogP contribution in [-0.4, -0.2) is 33.9 Å². The zero-order valence-corrected chi connectivity index (χ0v) is 18.6. The lowest BCUT2D eigenvalue weighted by atomic mass is 9.94. The number of hydroxylamine groups is 1. The molecule has 0 aliphatic carbocycles. The van der Waals surface area contributed by atoms with Gasteiger partial charge in [-0.3, -0.25) is 14.9 Å². The third-order valence-corrected chi connectivity index (χ3v) is 7.15. The molecule has 0 fully saturated rings. The highest BCUT2D eigenvalue weighted by Crippen LogP contribution is 2.30. The topological polar surface area (TPSA) is 93.7 Å². The summed E-state index contributed by atoms with van der Waals surface area (Å²) < 4.78 is 31.2. The molecule has 3 aromatic rings. The summed E-state index contributed by atoms with van der Waals surface area (Å²) in [6.07, 6.45) is 2.46. The number of nitrogens with one attached hydrogen (secondary N) is 2. The Balaban J connectivity index is 0.000000360. The van der Waals surface area contributed by atoms with Crippen molar-refractivity contribution in [2.45, 2.75) is 23.2 Å². The molecule has 0 aromatic heterocycles. The molecule has 0 radical (unpaired) electrons. The molecule has 8 heteroatoms. The van der Waals surface area contributed by atoms with Crippen molar-refractivity contribution in [2.75, 3.05) is 13.7 Å². The van der Waals surface area contributed by atoms with Crippen LogP contribution in [0.1, 0.15) is 11.1 Å². The number of methoxy groups -OCH3 is 1. The minimum Gasteiger partial charge on any atom is -0.497 e. The van der Waals surface area contributed by atoms with Gasteiger partial charge in [0.15, 0.2) is 9.84 Å². The van der Waals surface area contributed by atoms with Gasteiger partial charge in [0.2, 0.25) is 6.41 Å². The number of amides is 1. The molecule has 1 atom stereocenters. The van der Waals surface area contributed by atoms with E-state index in [1.165, 1.54) is 11.6 Å². The van der Waals surface area contributed by atoms with E-state index in [9.17, 15) is 13.2 Å². The van der Waals surface area contributed by atoms with Crippen LogP contribution in [0.2, 0.25) is 0 Å². The van der Waals surface area contributed by atoms with E-state index in [0.717, 1.165) is 16.3 Å². The van der Waals surface area contributed by atoms with E-state index in [2.05, 4.69) is 41.0 Å². The summed E-state index contributed by atoms with van der Waals surface area (Å²) in [5.74, 6) is 0.645. The molecule has 3 aromatic carbocycles. The number of rotatable bonds is 7. The molecule has 0 bridgehead atoms. The van der Waals surface area contributed by atoms with E-state index in [1.807, 2.05) is 17.6 Å². The minimum absolute atomic E-state index is 0.314. The number of benzene rings is 3. The lowest BCUT2D eigenvalue weighted by Gasteiger charge is -2.27. The van der Waals surface area contributed by atoms with Gasteiger partial charge in [-0.05, 0) is 46.2 Å². The van der Waals surface area contributed by atoms with Gasteiger partial charge in [0.1, 0.15) is 11.1 Å². The van der Waals surface area contributed by atoms with Crippen molar-refractivity contribution in [3.8, 4) is 5.75 Å². The molecule has 168 valence electrons. The predicted molar refractivity (Wildman–Crippen MR) is 124 cm³/mol. The van der Waals surface area contributed by atoms with Crippen molar-refractivity contribution >= 4 is 27.0 Å². The van der Waals surface area contributed by atoms with Crippen molar-refractivity contribution < 1.29 is 22.8 Å². The highest BCUT2D eigenvalue weighted by atomic mass is 32.2. The van der Waals surface area contributed by atoms with Gasteiger partial charge in [0.25, 0.3) is 0 Å². The molecule has 1 amide bonds. The SMILES string of the molecule is C=CCONC=O.COc1ccc(S(=O)(=O)C2Cc3c(ccc4ccccc34)CN2)cc1. The molecule has 7 nitrogen and oxygen atoms in total. The van der Waals surface area contributed by atoms with Crippen LogP contribution < -0.4 is 15.5 Å². The zero-order chi connectivity index (χ0) is 23.0. The number of carbonyl (C=O) groups excluding carboxylic acids is 1. The van der Waals surface area contributed by atoms with E-state index < -0.39 is 15.2 Å². The highest BCUT2D eigenvalue weighted by Gasteiger charge is 2.31. The first kappa shape index (κ1) is 23.5. The number of fused-ring (bicyclic) bond motifs is 3. The molecule has 32 heavy (non-hydrogen) atoms. The fourth-order valence-electron chi connectivity index (χ4n) is 3.56. The molecular formula is C24H26N2O5S. The van der Waals surface area contributed by atoms with Crippen molar-refractivity contribution in [1.82, 2.24) is 10.8 Å². The normalized spacial score (nSPS) is 15.1. The van der Waals surface area contributed by atoms with Crippen LogP contribution in [0.25, 0.3) is 10.8 Å². The summed E-state index contributed by atoms with van der Waals surface area (Å²) in [5.41, 5.74) is 4.29. The molecule has 0 saturated heterocycles. The maximum atomic E-state index is 13.0. The summed E-state index contributed by atoms with van der Waals surface area (Å²) in [6, 6.07) is 18.9. The molecule has 1 aliphatic heterocycles. The van der Waals surface area contributed by atoms with E-state index in [-0.39, 0.29) is 0 Å². The Bertz CT molecular complexity index is 1170. The molecule has 1 unspecified atom stereocenters. The van der Waals surface area contributed by atoms with Gasteiger partial charge >= 0.3 is 0 Å². The number of hydrogen-bond acceptors (Lipinski definition) is 6. The van der Waals surface area contributed by atoms with E-state index in [4.69, 9.17) is 4.74 Å². The monoisotopic (exact) mass is 454 g/mol. The lowest BCUT2D eigenvalue weighted by Crippen LogP contribution is -2.41. The number of carbonyl (C=O) groups is 1. The van der Waals surface area contributed by atoms with Crippen molar-refractivity contribution in [2.24, 2.45) is 0 Å². The third-order valence-electron chi connectivity index (χ3n) is 5.14. The van der Waals surface area contributed by atoms with Crippen LogP contribution in [0, 0.1) is 0 Å². The van der Waals surface area contributed by atoms with Gasteiger partial charge in [0.05, 0.1) is 18.6 Å². The Labute approximate surface area is 187 Å². The van der Waals surface area contributed by atoms with E-state index >= 15 is 0 Å². The van der Waals surface area contributed by atoms with Gasteiger partial charge < -0.3 is 4.74 Å². The third kappa shape index (κ3) is 5.34. The number of ether oxygens (including phenoxy) is 1. The van der Waals surface area contributed by atoms with Crippen LogP contribution in [-0.2, 0) is 32.4 Å². The molecule has 0 spiro atoms. The first-order valence-corrected chi connectivity index (χ1v) is 11.6. The number of sulfone groups is 1. The smallest absolute Gasteiger partial charge is 0.230 e. The first-order chi connectivity index (χ1) is 15.5. The second kappa shape index (κ2) is 10.9. The van der Waals surface area contributed by atoms with E-state index in [1.54, 1.807) is 31.4 Å². The summed E-state index contributed by atoms with van der Waals surface area (Å²) in [4.78, 5) is 14.1. The van der Waals surface area contributed by atoms with Crippen LogP contribution in [0.3, 0.4) is 0 Å². The fourth-order valence-corrected chi connectivity index (χ4v) is 5.09. The predicted octanol–water partition coefficient (Wildman–Crippen LogP) is 3.14. The highest BCUT2D eigenvalue weighted by molar-refractivity contribution is 7.92. The largest absolute Gasteiger partial charge is 0.497 e. The van der Waals surface area contributed by atoms with Crippen LogP contribution in [0.15, 0.2) is 78.2 Å². The van der Waals surface area contributed by atoms with Crippen LogP contribution in [0.4, 0.5) is 0 Å². The quantitative estimate of drug-likeness (QED) is 0.247. The molecule has 0 saturated carbocycles. The van der Waals surface area contributed by atoms with Crippen LogP contribution in [0.5, 0.6) is 5.75 Å². The molecule has 4 rings (SSSR count). The molecule has 1 aliphatic rings. The van der Waals surface area contributed by atoms with E-state index in [0.29, 0.717) is 36.6 Å². The fraction of sp³-hybridized carbons (Fsp3) is 0.208. The molecule has 2 N–H and O–H groups in total. The Morgan fingerprint density at radius 2 is 1.88 bits per heavy atom. The standard InChI is InChI=1S/C20H19NO3S.C4H7NO2/c1-24-16-8-10-17(11-9-16)25(22,23)20-12-19-15(13-21-20)7-6-14-4-2-3-5-18(14)19;1-2-3-7-5-4-6/h2-11,20-21H,12-13H2,1H3;2,4H,1,3H2,(H,5,6). The van der Waals surface area contributed by atoms with Crippen molar-refractivity contribution in [1.29, 1.82) is 0 Å². The molecular weight excluding hydrogens is 428 g/mol. The Hall–Kier alpha value is -3.20. The Morgan fingerprint density at radius 3 is 2.56 bits per heavy atom. The van der Waals surface area contributed by atoms with Crippen molar-refractivity contribution in [3.05, 3.63) is 84.4 Å². The van der Waals surface area contributed by atoms with Crippen molar-refractivity contribution in [3.63, 3.8) is 0 Å². The number of hydrogen-bond donors (Lipinski definition) is 2. The maximum Gasteiger partial charge on any atom is 0.230 e. The summed E-state index contributed by atoms with van der Waals surface area (Å²) in [7, 11) is -1.90. The summed E-state index contributed by atoms with van der Waals surface area (Å²) in [6.45, 7) is 4.25. The summed E-state index contributed by atoms with van der Waals surface area (Å²) >= 11 is 0. The van der Waals surface area contributed by atoms with Gasteiger partial charge in [-0.2, -0.15) is 0 Å². The maximum absolute atomic E-state index is 13.0. The van der Waals surface area contributed by atoms with Gasteiger partial charge in [-0.25, -0.2) is 13.9 Å². The van der Waals surface area contributed by atoms with Gasteiger partial charge in [-0.1, -0.05) is 42.5 Å².